The van der Waals surface area contributed by atoms with Gasteiger partial charge in [-0.05, 0) is 55.7 Å². The first-order valence-corrected chi connectivity index (χ1v) is 7.68. The number of rotatable bonds is 3. The van der Waals surface area contributed by atoms with Crippen molar-refractivity contribution in [2.75, 3.05) is 0 Å². The van der Waals surface area contributed by atoms with Crippen LogP contribution in [-0.4, -0.2) is 19.3 Å². The summed E-state index contributed by atoms with van der Waals surface area (Å²) in [5, 5.41) is 4.63. The summed E-state index contributed by atoms with van der Waals surface area (Å²) in [4.78, 5) is 3.33. The van der Waals surface area contributed by atoms with Crippen molar-refractivity contribution in [3.63, 3.8) is 0 Å². The van der Waals surface area contributed by atoms with Crippen LogP contribution in [0.15, 0.2) is 18.2 Å². The molecule has 0 spiro atoms. The fourth-order valence-corrected chi connectivity index (χ4v) is 3.02. The van der Waals surface area contributed by atoms with E-state index in [9.17, 15) is 0 Å². The first kappa shape index (κ1) is 14.1. The molecule has 0 bridgehead atoms. The average molecular weight is 300 g/mol. The summed E-state index contributed by atoms with van der Waals surface area (Å²) in [5.41, 5.74) is 6.81. The normalized spacial score (nSPS) is 11.4. The van der Waals surface area contributed by atoms with Crippen LogP contribution in [0.1, 0.15) is 30.2 Å². The molecule has 0 aliphatic heterocycles. The minimum absolute atomic E-state index is 0.721. The smallest absolute Gasteiger partial charge is 0.184 e. The van der Waals surface area contributed by atoms with Gasteiger partial charge in [-0.1, -0.05) is 19.4 Å². The zero-order valence-electron chi connectivity index (χ0n) is 12.9. The zero-order chi connectivity index (χ0) is 15.1. The van der Waals surface area contributed by atoms with Crippen molar-refractivity contribution in [1.29, 1.82) is 0 Å². The second-order valence-corrected chi connectivity index (χ2v) is 5.94. The summed E-state index contributed by atoms with van der Waals surface area (Å²) in [5.74, 6) is 0. The summed E-state index contributed by atoms with van der Waals surface area (Å²) >= 11 is 5.53. The molecule has 0 saturated carbocycles. The van der Waals surface area contributed by atoms with Gasteiger partial charge in [0.15, 0.2) is 10.4 Å². The van der Waals surface area contributed by atoms with E-state index in [2.05, 4.69) is 53.6 Å². The summed E-state index contributed by atoms with van der Waals surface area (Å²) in [6.07, 6.45) is 2.03. The Kier molecular flexibility index (Phi) is 3.45. The van der Waals surface area contributed by atoms with Crippen molar-refractivity contribution < 1.29 is 0 Å². The second kappa shape index (κ2) is 5.15. The van der Waals surface area contributed by atoms with Crippen LogP contribution >= 0.6 is 12.2 Å². The maximum Gasteiger partial charge on any atom is 0.184 e. The number of nitrogens with zero attached hydrogens (tertiary/aromatic N) is 3. The Morgan fingerprint density at radius 2 is 2.00 bits per heavy atom. The molecule has 3 rings (SSSR count). The number of aromatic amines is 1. The van der Waals surface area contributed by atoms with Crippen LogP contribution in [0.25, 0.3) is 16.9 Å². The highest BCUT2D eigenvalue weighted by molar-refractivity contribution is 7.71. The van der Waals surface area contributed by atoms with Crippen LogP contribution in [-0.2, 0) is 13.5 Å². The number of hydrogen-bond acceptors (Lipinski definition) is 2. The fourth-order valence-electron chi connectivity index (χ4n) is 2.73. The molecule has 0 aliphatic rings. The maximum absolute atomic E-state index is 5.53. The quantitative estimate of drug-likeness (QED) is 0.743. The Morgan fingerprint density at radius 3 is 2.67 bits per heavy atom. The SMILES string of the molecule is CCCc1nn(C)c2c1[nH]c(=S)n2-c1ccc(C)c(C)c1. The minimum atomic E-state index is 0.721. The molecule has 110 valence electrons. The molecule has 1 aromatic carbocycles. The summed E-state index contributed by atoms with van der Waals surface area (Å²) in [7, 11) is 1.97. The van der Waals surface area contributed by atoms with Crippen molar-refractivity contribution in [2.45, 2.75) is 33.6 Å². The third-order valence-corrected chi connectivity index (χ3v) is 4.26. The Morgan fingerprint density at radius 1 is 1.24 bits per heavy atom. The largest absolute Gasteiger partial charge is 0.327 e. The molecule has 0 radical (unpaired) electrons. The van der Waals surface area contributed by atoms with Crippen molar-refractivity contribution in [2.24, 2.45) is 7.05 Å². The van der Waals surface area contributed by atoms with Gasteiger partial charge in [0, 0.05) is 7.05 Å². The highest BCUT2D eigenvalue weighted by atomic mass is 32.1. The molecule has 1 N–H and O–H groups in total. The lowest BCUT2D eigenvalue weighted by Gasteiger charge is -2.07. The van der Waals surface area contributed by atoms with Gasteiger partial charge in [0.05, 0.1) is 11.4 Å². The molecule has 0 amide bonds. The fraction of sp³-hybridized carbons (Fsp3) is 0.375. The highest BCUT2D eigenvalue weighted by Gasteiger charge is 2.16. The van der Waals surface area contributed by atoms with Gasteiger partial charge >= 0.3 is 0 Å². The van der Waals surface area contributed by atoms with Gasteiger partial charge in [0.1, 0.15) is 5.52 Å². The minimum Gasteiger partial charge on any atom is -0.327 e. The summed E-state index contributed by atoms with van der Waals surface area (Å²) in [6, 6.07) is 6.41. The van der Waals surface area contributed by atoms with Gasteiger partial charge in [0.2, 0.25) is 0 Å². The van der Waals surface area contributed by atoms with Crippen molar-refractivity contribution in [3.05, 3.63) is 39.8 Å². The molecule has 0 saturated heterocycles. The maximum atomic E-state index is 5.53. The monoisotopic (exact) mass is 300 g/mol. The molecule has 0 fully saturated rings. The Hall–Kier alpha value is -1.88. The van der Waals surface area contributed by atoms with Crippen molar-refractivity contribution >= 4 is 23.4 Å². The third-order valence-electron chi connectivity index (χ3n) is 3.97. The number of imidazole rings is 1. The number of H-pyrrole nitrogens is 1. The van der Waals surface area contributed by atoms with Crippen LogP contribution in [0.5, 0.6) is 0 Å². The van der Waals surface area contributed by atoms with Gasteiger partial charge in [0.25, 0.3) is 0 Å². The lowest BCUT2D eigenvalue weighted by molar-refractivity contribution is 0.735. The molecule has 0 atom stereocenters. The van der Waals surface area contributed by atoms with E-state index in [0.717, 1.165) is 40.2 Å². The van der Waals surface area contributed by atoms with Crippen LogP contribution < -0.4 is 0 Å². The van der Waals surface area contributed by atoms with E-state index in [1.165, 1.54) is 11.1 Å². The Balaban J connectivity index is 2.29. The molecule has 4 nitrogen and oxygen atoms in total. The number of benzene rings is 1. The first-order chi connectivity index (χ1) is 10.0. The van der Waals surface area contributed by atoms with Gasteiger partial charge in [-0.2, -0.15) is 5.10 Å². The highest BCUT2D eigenvalue weighted by Crippen LogP contribution is 2.24. The van der Waals surface area contributed by atoms with Crippen molar-refractivity contribution in [3.8, 4) is 5.69 Å². The number of aromatic nitrogens is 4. The molecule has 3 aromatic rings. The van der Waals surface area contributed by atoms with Crippen molar-refractivity contribution in [1.82, 2.24) is 19.3 Å². The van der Waals surface area contributed by atoms with Crippen LogP contribution in [0.2, 0.25) is 0 Å². The number of nitrogens with one attached hydrogen (secondary N) is 1. The van der Waals surface area contributed by atoms with Gasteiger partial charge < -0.3 is 4.98 Å². The topological polar surface area (TPSA) is 38.5 Å². The second-order valence-electron chi connectivity index (χ2n) is 5.55. The molecule has 5 heteroatoms. The van der Waals surface area contributed by atoms with E-state index in [4.69, 9.17) is 12.2 Å². The van der Waals surface area contributed by atoms with Crippen LogP contribution in [0.3, 0.4) is 0 Å². The third kappa shape index (κ3) is 2.21. The molecule has 0 unspecified atom stereocenters. The molecular weight excluding hydrogens is 280 g/mol. The zero-order valence-corrected chi connectivity index (χ0v) is 13.7. The van der Waals surface area contributed by atoms with E-state index in [0.29, 0.717) is 0 Å². The van der Waals surface area contributed by atoms with E-state index >= 15 is 0 Å². The lowest BCUT2D eigenvalue weighted by Crippen LogP contribution is -2.01. The lowest BCUT2D eigenvalue weighted by atomic mass is 10.1. The number of aryl methyl sites for hydroxylation is 4. The number of fused-ring (bicyclic) bond motifs is 1. The Labute approximate surface area is 129 Å². The predicted octanol–water partition coefficient (Wildman–Crippen LogP) is 3.99. The average Bonchev–Trinajstić information content (AvgIpc) is 2.92. The van der Waals surface area contributed by atoms with Crippen LogP contribution in [0, 0.1) is 18.6 Å². The number of hydrogen-bond donors (Lipinski definition) is 1. The predicted molar refractivity (Wildman–Crippen MR) is 88.7 cm³/mol. The van der Waals surface area contributed by atoms with Gasteiger partial charge in [-0.15, -0.1) is 0 Å². The standard InChI is InChI=1S/C16H20N4S/c1-5-6-13-14-15(19(4)18-13)20(16(21)17-14)12-8-7-10(2)11(3)9-12/h7-9H,5-6H2,1-4H3,(H,17,21). The van der Waals surface area contributed by atoms with Crippen LogP contribution in [0.4, 0.5) is 0 Å². The van der Waals surface area contributed by atoms with E-state index in [-0.39, 0.29) is 0 Å². The summed E-state index contributed by atoms with van der Waals surface area (Å²) in [6.45, 7) is 6.40. The van der Waals surface area contributed by atoms with Gasteiger partial charge in [-0.3, -0.25) is 4.57 Å². The first-order valence-electron chi connectivity index (χ1n) is 7.27. The van der Waals surface area contributed by atoms with E-state index in [1.54, 1.807) is 0 Å². The van der Waals surface area contributed by atoms with Gasteiger partial charge in [-0.25, -0.2) is 4.68 Å². The molecule has 0 aliphatic carbocycles. The molecule has 21 heavy (non-hydrogen) atoms. The summed E-state index contributed by atoms with van der Waals surface area (Å²) < 4.78 is 4.71. The molecular formula is C16H20N4S. The molecule has 2 heterocycles. The Bertz CT molecular complexity index is 866. The van der Waals surface area contributed by atoms with E-state index in [1.807, 2.05) is 11.7 Å². The molecule has 2 aromatic heterocycles. The van der Waals surface area contributed by atoms with E-state index < -0.39 is 0 Å².